The topological polar surface area (TPSA) is 55.1 Å². The van der Waals surface area contributed by atoms with Crippen LogP contribution in [0, 0.1) is 6.92 Å². The van der Waals surface area contributed by atoms with Crippen LogP contribution in [0.4, 0.5) is 0 Å². The lowest BCUT2D eigenvalue weighted by Gasteiger charge is -2.01. The second-order valence-electron chi connectivity index (χ2n) is 3.04. The molecular weight excluding hydrogens is 180 g/mol. The van der Waals surface area contributed by atoms with Crippen LogP contribution >= 0.6 is 0 Å². The third-order valence-electron chi connectivity index (χ3n) is 2.10. The number of rotatable bonds is 4. The Morgan fingerprint density at radius 2 is 2.43 bits per heavy atom. The van der Waals surface area contributed by atoms with Crippen LogP contribution in [0.25, 0.3) is 0 Å². The summed E-state index contributed by atoms with van der Waals surface area (Å²) in [5.74, 6) is -0.850. The Kier molecular flexibility index (Phi) is 3.45. The number of hydrogen-bond acceptors (Lipinski definition) is 2. The van der Waals surface area contributed by atoms with Crippen LogP contribution in [0.1, 0.15) is 19.0 Å². The van der Waals surface area contributed by atoms with Crippen LogP contribution in [0.15, 0.2) is 23.9 Å². The fourth-order valence-corrected chi connectivity index (χ4v) is 1.17. The van der Waals surface area contributed by atoms with E-state index in [9.17, 15) is 4.79 Å². The molecule has 0 saturated carbocycles. The molecule has 0 bridgehead atoms. The Labute approximate surface area is 82.9 Å². The Hall–Kier alpha value is -1.58. The second-order valence-corrected chi connectivity index (χ2v) is 3.04. The van der Waals surface area contributed by atoms with E-state index in [-0.39, 0.29) is 0 Å². The van der Waals surface area contributed by atoms with E-state index in [2.05, 4.69) is 5.10 Å². The largest absolute Gasteiger partial charge is 0.478 e. The van der Waals surface area contributed by atoms with Gasteiger partial charge in [-0.2, -0.15) is 5.10 Å². The Morgan fingerprint density at radius 1 is 1.71 bits per heavy atom. The molecule has 0 radical (unpaired) electrons. The van der Waals surface area contributed by atoms with Gasteiger partial charge in [-0.3, -0.25) is 4.68 Å². The molecule has 0 saturated heterocycles. The van der Waals surface area contributed by atoms with Crippen molar-refractivity contribution in [3.05, 3.63) is 29.6 Å². The maximum Gasteiger partial charge on any atom is 0.331 e. The summed E-state index contributed by atoms with van der Waals surface area (Å²) in [7, 11) is 0. The van der Waals surface area contributed by atoms with Crippen molar-refractivity contribution in [2.45, 2.75) is 26.8 Å². The molecule has 0 aliphatic carbocycles. The summed E-state index contributed by atoms with van der Waals surface area (Å²) in [4.78, 5) is 10.7. The zero-order valence-electron chi connectivity index (χ0n) is 8.40. The lowest BCUT2D eigenvalue weighted by molar-refractivity contribution is -0.132. The lowest BCUT2D eigenvalue weighted by Crippen LogP contribution is -2.04. The first-order valence-corrected chi connectivity index (χ1v) is 4.56. The number of carboxylic acid groups (broad SMARTS) is 1. The molecule has 0 fully saturated rings. The van der Waals surface area contributed by atoms with Gasteiger partial charge < -0.3 is 5.11 Å². The van der Waals surface area contributed by atoms with Crippen LogP contribution in [0.2, 0.25) is 0 Å². The van der Waals surface area contributed by atoms with Crippen molar-refractivity contribution >= 4 is 5.97 Å². The highest BCUT2D eigenvalue weighted by molar-refractivity contribution is 5.86. The fraction of sp³-hybridized carbons (Fsp3) is 0.400. The summed E-state index contributed by atoms with van der Waals surface area (Å²) in [5.41, 5.74) is 1.46. The number of carboxylic acids is 1. The molecular formula is C10H14N2O2. The summed E-state index contributed by atoms with van der Waals surface area (Å²) >= 11 is 0. The fourth-order valence-electron chi connectivity index (χ4n) is 1.17. The van der Waals surface area contributed by atoms with Crippen LogP contribution in [0.3, 0.4) is 0 Å². The molecule has 0 aliphatic heterocycles. The normalized spacial score (nSPS) is 11.7. The van der Waals surface area contributed by atoms with E-state index in [1.165, 1.54) is 0 Å². The van der Waals surface area contributed by atoms with Gasteiger partial charge in [0, 0.05) is 17.5 Å². The predicted octanol–water partition coefficient (Wildman–Crippen LogP) is 1.61. The van der Waals surface area contributed by atoms with Crippen molar-refractivity contribution in [3.8, 4) is 0 Å². The van der Waals surface area contributed by atoms with Gasteiger partial charge in [0.05, 0.1) is 6.54 Å². The molecule has 0 atom stereocenters. The SMILES string of the molecule is CCC(=CCn1nccc1C)C(=O)O. The molecule has 4 heteroatoms. The summed E-state index contributed by atoms with van der Waals surface area (Å²) in [6.07, 6.45) is 3.94. The Balaban J connectivity index is 2.71. The van der Waals surface area contributed by atoms with E-state index < -0.39 is 5.97 Å². The average molecular weight is 194 g/mol. The average Bonchev–Trinajstić information content (AvgIpc) is 2.52. The molecule has 1 N–H and O–H groups in total. The molecule has 0 aromatic carbocycles. The number of nitrogens with zero attached hydrogens (tertiary/aromatic N) is 2. The Bertz CT molecular complexity index is 353. The maximum absolute atomic E-state index is 10.7. The number of aliphatic carboxylic acids is 1. The van der Waals surface area contributed by atoms with E-state index in [1.807, 2.05) is 19.9 Å². The molecule has 4 nitrogen and oxygen atoms in total. The minimum Gasteiger partial charge on any atom is -0.478 e. The van der Waals surface area contributed by atoms with Gasteiger partial charge in [0.15, 0.2) is 0 Å². The van der Waals surface area contributed by atoms with Gasteiger partial charge in [-0.1, -0.05) is 13.0 Å². The van der Waals surface area contributed by atoms with E-state index in [0.29, 0.717) is 18.5 Å². The molecule has 1 heterocycles. The van der Waals surface area contributed by atoms with Gasteiger partial charge in [0.1, 0.15) is 0 Å². The van der Waals surface area contributed by atoms with E-state index in [1.54, 1.807) is 17.0 Å². The molecule has 0 unspecified atom stereocenters. The van der Waals surface area contributed by atoms with Gasteiger partial charge in [-0.15, -0.1) is 0 Å². The molecule has 1 aromatic heterocycles. The smallest absolute Gasteiger partial charge is 0.331 e. The molecule has 1 aromatic rings. The standard InChI is InChI=1S/C10H14N2O2/c1-3-9(10(13)14)5-7-12-8(2)4-6-11-12/h4-6H,3,7H2,1-2H3,(H,13,14). The number of aromatic nitrogens is 2. The van der Waals surface area contributed by atoms with Crippen molar-refractivity contribution in [2.75, 3.05) is 0 Å². The highest BCUT2D eigenvalue weighted by Crippen LogP contribution is 2.03. The van der Waals surface area contributed by atoms with E-state index in [0.717, 1.165) is 5.69 Å². The summed E-state index contributed by atoms with van der Waals surface area (Å²) in [6.45, 7) is 4.29. The number of allylic oxidation sites excluding steroid dienone is 1. The predicted molar refractivity (Wildman–Crippen MR) is 53.0 cm³/mol. The number of hydrogen-bond donors (Lipinski definition) is 1. The zero-order valence-corrected chi connectivity index (χ0v) is 8.40. The minimum absolute atomic E-state index is 0.430. The summed E-state index contributed by atoms with van der Waals surface area (Å²) in [5, 5.41) is 12.8. The van der Waals surface area contributed by atoms with E-state index >= 15 is 0 Å². The van der Waals surface area contributed by atoms with Crippen molar-refractivity contribution in [1.29, 1.82) is 0 Å². The molecule has 14 heavy (non-hydrogen) atoms. The highest BCUT2D eigenvalue weighted by atomic mass is 16.4. The van der Waals surface area contributed by atoms with Crippen LogP contribution in [-0.4, -0.2) is 20.9 Å². The zero-order chi connectivity index (χ0) is 10.6. The van der Waals surface area contributed by atoms with Gasteiger partial charge in [0.2, 0.25) is 0 Å². The maximum atomic E-state index is 10.7. The van der Waals surface area contributed by atoms with Crippen molar-refractivity contribution < 1.29 is 9.90 Å². The lowest BCUT2D eigenvalue weighted by atomic mass is 10.2. The number of carbonyl (C=O) groups is 1. The van der Waals surface area contributed by atoms with Crippen LogP contribution < -0.4 is 0 Å². The first-order valence-electron chi connectivity index (χ1n) is 4.56. The summed E-state index contributed by atoms with van der Waals surface area (Å²) in [6, 6.07) is 1.89. The second kappa shape index (κ2) is 4.60. The van der Waals surface area contributed by atoms with Crippen molar-refractivity contribution in [2.24, 2.45) is 0 Å². The first-order chi connectivity index (χ1) is 6.65. The van der Waals surface area contributed by atoms with Gasteiger partial charge in [-0.25, -0.2) is 4.79 Å². The van der Waals surface area contributed by atoms with Gasteiger partial charge >= 0.3 is 5.97 Å². The number of aryl methyl sites for hydroxylation is 1. The van der Waals surface area contributed by atoms with Gasteiger partial charge in [-0.05, 0) is 19.4 Å². The first kappa shape index (κ1) is 10.5. The van der Waals surface area contributed by atoms with Gasteiger partial charge in [0.25, 0.3) is 0 Å². The summed E-state index contributed by atoms with van der Waals surface area (Å²) < 4.78 is 1.76. The molecule has 0 amide bonds. The van der Waals surface area contributed by atoms with Crippen LogP contribution in [0.5, 0.6) is 0 Å². The van der Waals surface area contributed by atoms with Crippen LogP contribution in [-0.2, 0) is 11.3 Å². The highest BCUT2D eigenvalue weighted by Gasteiger charge is 2.03. The molecule has 76 valence electrons. The monoisotopic (exact) mass is 194 g/mol. The quantitative estimate of drug-likeness (QED) is 0.741. The molecule has 0 aliphatic rings. The third kappa shape index (κ3) is 2.45. The van der Waals surface area contributed by atoms with Crippen molar-refractivity contribution in [1.82, 2.24) is 9.78 Å². The Morgan fingerprint density at radius 3 is 2.86 bits per heavy atom. The molecule has 0 spiro atoms. The molecule has 1 rings (SSSR count). The third-order valence-corrected chi connectivity index (χ3v) is 2.10. The minimum atomic E-state index is -0.850. The van der Waals surface area contributed by atoms with Crippen molar-refractivity contribution in [3.63, 3.8) is 0 Å². The van der Waals surface area contributed by atoms with E-state index in [4.69, 9.17) is 5.11 Å².